The molecule has 0 amide bonds. The normalized spacial score (nSPS) is 11.2. The first kappa shape index (κ1) is 13.9. The van der Waals surface area contributed by atoms with Crippen molar-refractivity contribution >= 4 is 17.5 Å². The molecular weight excluding hydrogens is 312 g/mol. The van der Waals surface area contributed by atoms with Gasteiger partial charge in [-0.15, -0.1) is 14.7 Å². The summed E-state index contributed by atoms with van der Waals surface area (Å²) in [4.78, 5) is 8.74. The minimum atomic E-state index is 0.468. The molecule has 0 fully saturated rings. The number of hydrogen-bond acceptors (Lipinski definition) is 6. The van der Waals surface area contributed by atoms with Crippen molar-refractivity contribution in [1.82, 2.24) is 25.3 Å². The first-order valence-electron chi connectivity index (χ1n) is 7.02. The molecule has 0 radical (unpaired) electrons. The summed E-state index contributed by atoms with van der Waals surface area (Å²) in [5.41, 5.74) is 1.77. The van der Waals surface area contributed by atoms with Crippen LogP contribution >= 0.6 is 11.8 Å². The van der Waals surface area contributed by atoms with Gasteiger partial charge in [-0.2, -0.15) is 0 Å². The molecule has 0 unspecified atom stereocenters. The highest BCUT2D eigenvalue weighted by molar-refractivity contribution is 7.98. The van der Waals surface area contributed by atoms with Gasteiger partial charge in [0.25, 0.3) is 5.22 Å². The van der Waals surface area contributed by atoms with Crippen LogP contribution in [0.4, 0.5) is 0 Å². The second-order valence-electron chi connectivity index (χ2n) is 5.02. The molecular formula is C15H13N6OS+. The zero-order valence-corrected chi connectivity index (χ0v) is 13.3. The molecule has 0 atom stereocenters. The van der Waals surface area contributed by atoms with Gasteiger partial charge in [-0.3, -0.25) is 0 Å². The number of aromatic nitrogens is 6. The maximum absolute atomic E-state index is 5.74. The Hall–Kier alpha value is -2.74. The standard InChI is InChI=1S/C15H12N6OS/c1-9-8-12(21-14(16-9)17-10(2)20-21)23-15-19-18-13(22-15)11-6-4-3-5-7-11/h3-8H,1-2H3/p+1. The molecule has 0 bridgehead atoms. The van der Waals surface area contributed by atoms with E-state index in [1.54, 1.807) is 4.52 Å². The van der Waals surface area contributed by atoms with Crippen LogP contribution in [0.2, 0.25) is 0 Å². The van der Waals surface area contributed by atoms with Gasteiger partial charge >= 0.3 is 5.78 Å². The van der Waals surface area contributed by atoms with Gasteiger partial charge in [0.05, 0.1) is 0 Å². The summed E-state index contributed by atoms with van der Waals surface area (Å²) in [6, 6.07) is 11.6. The molecule has 7 nitrogen and oxygen atoms in total. The molecule has 0 aliphatic heterocycles. The van der Waals surface area contributed by atoms with Crippen molar-refractivity contribution in [3.05, 3.63) is 47.9 Å². The topological polar surface area (TPSA) is 84.6 Å². The fourth-order valence-electron chi connectivity index (χ4n) is 2.21. The molecule has 23 heavy (non-hydrogen) atoms. The van der Waals surface area contributed by atoms with E-state index in [1.807, 2.05) is 50.2 Å². The second kappa shape index (κ2) is 5.47. The molecule has 1 N–H and O–H groups in total. The highest BCUT2D eigenvalue weighted by Crippen LogP contribution is 2.27. The van der Waals surface area contributed by atoms with E-state index in [9.17, 15) is 0 Å². The second-order valence-corrected chi connectivity index (χ2v) is 5.99. The highest BCUT2D eigenvalue weighted by Gasteiger charge is 2.19. The number of aryl methyl sites for hydroxylation is 2. The molecule has 0 aliphatic rings. The molecule has 0 saturated heterocycles. The molecule has 0 saturated carbocycles. The Morgan fingerprint density at radius 3 is 2.74 bits per heavy atom. The number of aromatic amines is 1. The molecule has 3 heterocycles. The Kier molecular flexibility index (Phi) is 3.30. The first-order valence-corrected chi connectivity index (χ1v) is 7.83. The quantitative estimate of drug-likeness (QED) is 0.460. The molecule has 8 heteroatoms. The van der Waals surface area contributed by atoms with E-state index in [1.165, 1.54) is 11.8 Å². The SMILES string of the molecule is Cc1cc(Sc2nnc(-c3ccccc3)o2)[n+]2[nH]c(C)nc2n1. The predicted octanol–water partition coefficient (Wildman–Crippen LogP) is 2.36. The zero-order valence-electron chi connectivity index (χ0n) is 12.5. The third-order valence-corrected chi connectivity index (χ3v) is 4.04. The average molecular weight is 325 g/mol. The summed E-state index contributed by atoms with van der Waals surface area (Å²) in [6.45, 7) is 3.82. The van der Waals surface area contributed by atoms with Gasteiger partial charge in [-0.1, -0.05) is 28.2 Å². The van der Waals surface area contributed by atoms with E-state index in [0.29, 0.717) is 16.9 Å². The molecule has 4 aromatic rings. The fourth-order valence-corrected chi connectivity index (χ4v) is 3.04. The van der Waals surface area contributed by atoms with Gasteiger partial charge in [0, 0.05) is 30.3 Å². The van der Waals surface area contributed by atoms with Crippen LogP contribution in [0.15, 0.2) is 51.1 Å². The van der Waals surface area contributed by atoms with Crippen molar-refractivity contribution in [2.45, 2.75) is 24.1 Å². The van der Waals surface area contributed by atoms with Crippen LogP contribution in [0, 0.1) is 13.8 Å². The van der Waals surface area contributed by atoms with Crippen LogP contribution in [0.5, 0.6) is 0 Å². The van der Waals surface area contributed by atoms with E-state index in [2.05, 4.69) is 25.3 Å². The Morgan fingerprint density at radius 1 is 1.09 bits per heavy atom. The summed E-state index contributed by atoms with van der Waals surface area (Å²) in [5.74, 6) is 1.91. The first-order chi connectivity index (χ1) is 11.2. The van der Waals surface area contributed by atoms with Crippen molar-refractivity contribution in [3.63, 3.8) is 0 Å². The maximum atomic E-state index is 5.74. The van der Waals surface area contributed by atoms with Crippen molar-refractivity contribution < 1.29 is 8.93 Å². The third-order valence-electron chi connectivity index (χ3n) is 3.19. The summed E-state index contributed by atoms with van der Waals surface area (Å²) >= 11 is 1.37. The van der Waals surface area contributed by atoms with Crippen LogP contribution in [0.3, 0.4) is 0 Å². The number of rotatable bonds is 3. The number of hydrogen-bond donors (Lipinski definition) is 1. The summed E-state index contributed by atoms with van der Waals surface area (Å²) in [6.07, 6.45) is 0. The Labute approximate surface area is 135 Å². The van der Waals surface area contributed by atoms with Gasteiger partial charge in [-0.25, -0.2) is 5.10 Å². The Balaban J connectivity index is 1.70. The number of nitrogens with zero attached hydrogens (tertiary/aromatic N) is 5. The van der Waals surface area contributed by atoms with Crippen molar-refractivity contribution in [2.75, 3.05) is 0 Å². The van der Waals surface area contributed by atoms with Gasteiger partial charge in [0.2, 0.25) is 11.7 Å². The van der Waals surface area contributed by atoms with Crippen molar-refractivity contribution in [3.8, 4) is 11.5 Å². The van der Waals surface area contributed by atoms with Crippen LogP contribution < -0.4 is 4.52 Å². The average Bonchev–Trinajstić information content (AvgIpc) is 3.14. The van der Waals surface area contributed by atoms with Crippen LogP contribution in [-0.2, 0) is 0 Å². The lowest BCUT2D eigenvalue weighted by atomic mass is 10.2. The fraction of sp³-hybridized carbons (Fsp3) is 0.133. The number of nitrogens with one attached hydrogen (secondary N) is 1. The molecule has 1 aromatic carbocycles. The van der Waals surface area contributed by atoms with Crippen LogP contribution in [-0.4, -0.2) is 25.3 Å². The summed E-state index contributed by atoms with van der Waals surface area (Å²) < 4.78 is 7.55. The van der Waals surface area contributed by atoms with E-state index in [0.717, 1.165) is 22.1 Å². The van der Waals surface area contributed by atoms with E-state index >= 15 is 0 Å². The van der Waals surface area contributed by atoms with E-state index in [4.69, 9.17) is 4.42 Å². The zero-order chi connectivity index (χ0) is 15.8. The lowest BCUT2D eigenvalue weighted by Crippen LogP contribution is -2.27. The summed E-state index contributed by atoms with van der Waals surface area (Å²) in [7, 11) is 0. The van der Waals surface area contributed by atoms with Gasteiger partial charge in [0.15, 0.2) is 5.03 Å². The molecule has 114 valence electrons. The lowest BCUT2D eigenvalue weighted by molar-refractivity contribution is -0.620. The molecule has 0 aliphatic carbocycles. The number of fused-ring (bicyclic) bond motifs is 1. The third kappa shape index (κ3) is 2.68. The van der Waals surface area contributed by atoms with Crippen molar-refractivity contribution in [1.29, 1.82) is 0 Å². The lowest BCUT2D eigenvalue weighted by Gasteiger charge is -1.96. The highest BCUT2D eigenvalue weighted by atomic mass is 32.2. The predicted molar refractivity (Wildman–Crippen MR) is 82.9 cm³/mol. The molecule has 3 aromatic heterocycles. The Morgan fingerprint density at radius 2 is 1.91 bits per heavy atom. The minimum absolute atomic E-state index is 0.468. The molecule has 0 spiro atoms. The largest absolute Gasteiger partial charge is 0.458 e. The number of benzene rings is 1. The van der Waals surface area contributed by atoms with E-state index in [-0.39, 0.29) is 0 Å². The van der Waals surface area contributed by atoms with Gasteiger partial charge in [-0.05, 0) is 19.1 Å². The smallest absolute Gasteiger partial charge is 0.411 e. The Bertz CT molecular complexity index is 978. The maximum Gasteiger partial charge on any atom is 0.458 e. The van der Waals surface area contributed by atoms with Gasteiger partial charge < -0.3 is 4.42 Å². The molecule has 4 rings (SSSR count). The summed E-state index contributed by atoms with van der Waals surface area (Å²) in [5, 5.41) is 12.7. The van der Waals surface area contributed by atoms with E-state index < -0.39 is 0 Å². The van der Waals surface area contributed by atoms with Crippen LogP contribution in [0.25, 0.3) is 17.2 Å². The van der Waals surface area contributed by atoms with Crippen LogP contribution in [0.1, 0.15) is 11.5 Å². The van der Waals surface area contributed by atoms with Gasteiger partial charge in [0.1, 0.15) is 5.69 Å². The number of H-pyrrole nitrogens is 1. The van der Waals surface area contributed by atoms with Crippen molar-refractivity contribution in [2.24, 2.45) is 0 Å². The monoisotopic (exact) mass is 325 g/mol. The minimum Gasteiger partial charge on any atom is -0.411 e.